The number of thiazole rings is 1. The smallest absolute Gasteiger partial charge is 0.338 e. The van der Waals surface area contributed by atoms with Gasteiger partial charge in [0.1, 0.15) is 0 Å². The zero-order valence-electron chi connectivity index (χ0n) is 22.3. The summed E-state index contributed by atoms with van der Waals surface area (Å²) < 4.78 is 19.2. The first kappa shape index (κ1) is 27.2. The minimum absolute atomic E-state index is 0.202. The van der Waals surface area contributed by atoms with Gasteiger partial charge in [0.15, 0.2) is 16.3 Å². The molecule has 0 amide bonds. The Morgan fingerprint density at radius 3 is 2.44 bits per heavy atom. The molecule has 0 unspecified atom stereocenters. The fourth-order valence-electron chi connectivity index (χ4n) is 5.07. The number of carbonyl (C=O) groups excluding carboxylic acids is 1. The number of hydrogen-bond acceptors (Lipinski definition) is 8. The number of ether oxygens (including phenoxy) is 3. The van der Waals surface area contributed by atoms with Crippen LogP contribution in [-0.2, 0) is 9.53 Å². The molecule has 2 aliphatic rings. The van der Waals surface area contributed by atoms with Crippen molar-refractivity contribution in [3.63, 3.8) is 0 Å². The maximum atomic E-state index is 13.9. The third-order valence-electron chi connectivity index (χ3n) is 6.98. The highest BCUT2D eigenvalue weighted by Crippen LogP contribution is 2.40. The topological polar surface area (TPSA) is 82.4 Å². The molecular weight excluding hydrogens is 582 g/mol. The van der Waals surface area contributed by atoms with Gasteiger partial charge in [-0.2, -0.15) is 0 Å². The highest BCUT2D eigenvalue weighted by atomic mass is 79.9. The summed E-state index contributed by atoms with van der Waals surface area (Å²) >= 11 is 4.93. The molecule has 1 aromatic heterocycles. The summed E-state index contributed by atoms with van der Waals surface area (Å²) in [5.41, 5.74) is 3.35. The van der Waals surface area contributed by atoms with E-state index in [0.29, 0.717) is 42.1 Å². The van der Waals surface area contributed by atoms with Crippen molar-refractivity contribution >= 4 is 45.0 Å². The molecule has 3 aromatic rings. The van der Waals surface area contributed by atoms with Crippen LogP contribution in [0.4, 0.5) is 5.69 Å². The van der Waals surface area contributed by atoms with Gasteiger partial charge in [0.05, 0.1) is 42.7 Å². The first-order chi connectivity index (χ1) is 18.9. The van der Waals surface area contributed by atoms with Crippen LogP contribution < -0.4 is 29.3 Å². The number of halogens is 1. The largest absolute Gasteiger partial charge is 0.493 e. The molecule has 0 radical (unpaired) electrons. The van der Waals surface area contributed by atoms with Crippen molar-refractivity contribution in [2.24, 2.45) is 4.99 Å². The molecule has 1 atom stereocenters. The third kappa shape index (κ3) is 5.15. The average molecular weight is 613 g/mol. The van der Waals surface area contributed by atoms with E-state index in [4.69, 9.17) is 14.2 Å². The number of esters is 1. The highest BCUT2D eigenvalue weighted by molar-refractivity contribution is 9.10. The Hall–Kier alpha value is -3.37. The van der Waals surface area contributed by atoms with Crippen molar-refractivity contribution in [1.29, 1.82) is 0 Å². The number of allylic oxidation sites excluding steroid dienone is 1. The molecule has 3 heterocycles. The quantitative estimate of drug-likeness (QED) is 0.373. The van der Waals surface area contributed by atoms with E-state index in [1.165, 1.54) is 29.9 Å². The van der Waals surface area contributed by atoms with Crippen molar-refractivity contribution in [3.05, 3.63) is 83.0 Å². The highest BCUT2D eigenvalue weighted by Gasteiger charge is 2.35. The van der Waals surface area contributed by atoms with Gasteiger partial charge >= 0.3 is 5.97 Å². The molecule has 39 heavy (non-hydrogen) atoms. The van der Waals surface area contributed by atoms with Crippen molar-refractivity contribution in [2.75, 3.05) is 38.8 Å². The summed E-state index contributed by atoms with van der Waals surface area (Å²) in [5, 5.41) is 0. The number of anilines is 1. The van der Waals surface area contributed by atoms with Gasteiger partial charge in [-0.3, -0.25) is 9.36 Å². The molecule has 2 aliphatic heterocycles. The minimum atomic E-state index is -0.769. The van der Waals surface area contributed by atoms with Crippen molar-refractivity contribution in [3.8, 4) is 11.5 Å². The minimum Gasteiger partial charge on any atom is -0.493 e. The molecule has 0 saturated carbocycles. The molecular formula is C29H30BrN3O5S. The monoisotopic (exact) mass is 611 g/mol. The second-order valence-electron chi connectivity index (χ2n) is 9.32. The molecule has 204 valence electrons. The van der Waals surface area contributed by atoms with Gasteiger partial charge in [-0.1, -0.05) is 39.4 Å². The number of aromatic nitrogens is 1. The lowest BCUT2D eigenvalue weighted by Crippen LogP contribution is -2.40. The van der Waals surface area contributed by atoms with Gasteiger partial charge in [-0.25, -0.2) is 9.79 Å². The Morgan fingerprint density at radius 1 is 1.13 bits per heavy atom. The molecule has 0 spiro atoms. The van der Waals surface area contributed by atoms with E-state index in [1.807, 2.05) is 18.2 Å². The fraction of sp³-hybridized carbons (Fsp3) is 0.345. The molecule has 1 saturated heterocycles. The molecule has 0 N–H and O–H groups in total. The van der Waals surface area contributed by atoms with Gasteiger partial charge in [0, 0.05) is 23.2 Å². The van der Waals surface area contributed by atoms with Crippen LogP contribution in [0.15, 0.2) is 61.9 Å². The second-order valence-corrected chi connectivity index (χ2v) is 11.2. The lowest BCUT2D eigenvalue weighted by Gasteiger charge is -2.26. The SMILES string of the molecule is CCOC(=O)C1=C(C)N=c2s/c(=C/c3ccc(N4CCCC4)cc3)c(=O)n2[C@H]1c1cc(OC)c(OC)cc1Br. The van der Waals surface area contributed by atoms with E-state index < -0.39 is 12.0 Å². The van der Waals surface area contributed by atoms with Crippen LogP contribution in [0, 0.1) is 0 Å². The normalized spacial score (nSPS) is 17.2. The molecule has 5 rings (SSSR count). The van der Waals surface area contributed by atoms with Gasteiger partial charge in [0.2, 0.25) is 0 Å². The van der Waals surface area contributed by atoms with Gasteiger partial charge in [-0.05, 0) is 68.2 Å². The average Bonchev–Trinajstić information content (AvgIpc) is 3.57. The molecule has 10 heteroatoms. The Labute approximate surface area is 239 Å². The predicted octanol–water partition coefficient (Wildman–Crippen LogP) is 4.18. The third-order valence-corrected chi connectivity index (χ3v) is 8.65. The summed E-state index contributed by atoms with van der Waals surface area (Å²) in [5.74, 6) is 0.488. The Balaban J connectivity index is 1.66. The maximum absolute atomic E-state index is 13.9. The first-order valence-corrected chi connectivity index (χ1v) is 14.4. The summed E-state index contributed by atoms with van der Waals surface area (Å²) in [6.45, 7) is 5.87. The predicted molar refractivity (Wildman–Crippen MR) is 156 cm³/mol. The second kappa shape index (κ2) is 11.4. The number of nitrogens with zero attached hydrogens (tertiary/aromatic N) is 3. The molecule has 1 fully saturated rings. The molecule has 8 nitrogen and oxygen atoms in total. The van der Waals surface area contributed by atoms with Crippen LogP contribution in [0.25, 0.3) is 6.08 Å². The summed E-state index contributed by atoms with van der Waals surface area (Å²) in [4.78, 5) is 34.7. The van der Waals surface area contributed by atoms with Crippen LogP contribution in [0.3, 0.4) is 0 Å². The van der Waals surface area contributed by atoms with Gasteiger partial charge in [-0.15, -0.1) is 0 Å². The molecule has 2 aromatic carbocycles. The number of rotatable bonds is 7. The van der Waals surface area contributed by atoms with Crippen molar-refractivity contribution in [1.82, 2.24) is 4.57 Å². The van der Waals surface area contributed by atoms with Gasteiger partial charge in [0.25, 0.3) is 5.56 Å². The summed E-state index contributed by atoms with van der Waals surface area (Å²) in [6, 6.07) is 11.0. The standard InChI is InChI=1S/C29H30BrN3O5S/c1-5-38-28(35)25-17(2)31-29-33(26(25)20-15-22(36-3)23(37-4)16-21(20)30)27(34)24(39-29)14-18-8-10-19(11-9-18)32-12-6-7-13-32/h8-11,14-16,26H,5-7,12-13H2,1-4H3/b24-14+/t26-/m0/s1. The Bertz CT molecular complexity index is 1620. The van der Waals surface area contributed by atoms with Crippen molar-refractivity contribution < 1.29 is 19.0 Å². The van der Waals surface area contributed by atoms with Crippen LogP contribution in [-0.4, -0.2) is 44.5 Å². The zero-order chi connectivity index (χ0) is 27.7. The molecule has 0 aliphatic carbocycles. The zero-order valence-corrected chi connectivity index (χ0v) is 24.7. The van der Waals surface area contributed by atoms with E-state index in [-0.39, 0.29) is 12.2 Å². The van der Waals surface area contributed by atoms with Crippen LogP contribution in [0.2, 0.25) is 0 Å². The van der Waals surface area contributed by atoms with E-state index in [0.717, 1.165) is 18.7 Å². The number of fused-ring (bicyclic) bond motifs is 1. The van der Waals surface area contributed by atoms with Crippen LogP contribution in [0.5, 0.6) is 11.5 Å². The van der Waals surface area contributed by atoms with E-state index in [2.05, 4.69) is 38.0 Å². The van der Waals surface area contributed by atoms with Crippen LogP contribution in [0.1, 0.15) is 43.9 Å². The summed E-state index contributed by atoms with van der Waals surface area (Å²) in [7, 11) is 3.10. The Kier molecular flexibility index (Phi) is 7.95. The van der Waals surface area contributed by atoms with E-state index in [1.54, 1.807) is 44.8 Å². The Morgan fingerprint density at radius 2 is 1.79 bits per heavy atom. The van der Waals surface area contributed by atoms with E-state index in [9.17, 15) is 9.59 Å². The van der Waals surface area contributed by atoms with Crippen molar-refractivity contribution in [2.45, 2.75) is 32.7 Å². The van der Waals surface area contributed by atoms with E-state index >= 15 is 0 Å². The maximum Gasteiger partial charge on any atom is 0.338 e. The number of methoxy groups -OCH3 is 2. The van der Waals surface area contributed by atoms with Gasteiger partial charge < -0.3 is 19.1 Å². The molecule has 0 bridgehead atoms. The number of carbonyl (C=O) groups is 1. The lowest BCUT2D eigenvalue weighted by molar-refractivity contribution is -0.139. The first-order valence-electron chi connectivity index (χ1n) is 12.8. The summed E-state index contributed by atoms with van der Waals surface area (Å²) in [6.07, 6.45) is 4.31. The fourth-order valence-corrected chi connectivity index (χ4v) is 6.66. The number of hydrogen-bond donors (Lipinski definition) is 0. The lowest BCUT2D eigenvalue weighted by atomic mass is 9.95. The number of benzene rings is 2. The van der Waals surface area contributed by atoms with Crippen LogP contribution >= 0.6 is 27.3 Å².